The van der Waals surface area contributed by atoms with Crippen LogP contribution in [-0.4, -0.2) is 102 Å². The Morgan fingerprint density at radius 1 is 1.08 bits per heavy atom. The lowest BCUT2D eigenvalue weighted by molar-refractivity contribution is -0.152. The summed E-state index contributed by atoms with van der Waals surface area (Å²) in [6.07, 6.45) is 6.17. The molecule has 2 aliphatic carbocycles. The Hall–Kier alpha value is -4.74. The number of ether oxygens (including phenoxy) is 4. The average Bonchev–Trinajstić information content (AvgIpc) is 4.07. The molecule has 4 heterocycles. The van der Waals surface area contributed by atoms with Gasteiger partial charge in [0.25, 0.3) is 11.8 Å². The Morgan fingerprint density at radius 3 is 2.52 bits per heavy atom. The number of alkyl carbamates (subject to hydrolysis) is 1. The van der Waals surface area contributed by atoms with E-state index >= 15 is 4.79 Å². The van der Waals surface area contributed by atoms with Crippen LogP contribution in [0.1, 0.15) is 92.9 Å². The van der Waals surface area contributed by atoms with Crippen molar-refractivity contribution < 1.29 is 55.3 Å². The molecule has 0 spiro atoms. The lowest BCUT2D eigenvalue weighted by Gasteiger charge is -2.35. The van der Waals surface area contributed by atoms with Gasteiger partial charge in [-0.2, -0.15) is 0 Å². The summed E-state index contributed by atoms with van der Waals surface area (Å²) in [6.45, 7) is 8.78. The molecule has 18 heteroatoms. The van der Waals surface area contributed by atoms with E-state index in [1.54, 1.807) is 31.3 Å². The van der Waals surface area contributed by atoms with E-state index < -0.39 is 85.7 Å². The monoisotopic (exact) mass is 859 g/mol. The highest BCUT2D eigenvalue weighted by atomic mass is 32.2. The van der Waals surface area contributed by atoms with E-state index in [-0.39, 0.29) is 31.2 Å². The number of sulfonamides is 1. The van der Waals surface area contributed by atoms with Crippen LogP contribution in [0.3, 0.4) is 0 Å². The molecule has 1 aromatic carbocycles. The molecule has 1 saturated heterocycles. The summed E-state index contributed by atoms with van der Waals surface area (Å²) in [6, 6.07) is 2.70. The van der Waals surface area contributed by atoms with Crippen LogP contribution in [0.5, 0.6) is 17.4 Å². The smallest absolute Gasteiger partial charge is 0.408 e. The van der Waals surface area contributed by atoms with Crippen LogP contribution in [0.25, 0.3) is 10.8 Å². The molecule has 3 N–H and O–H groups in total. The number of nitrogens with zero attached hydrogens (tertiary/aromatic N) is 2. The first-order valence-corrected chi connectivity index (χ1v) is 22.2. The SMILES string of the molecule is CC[C@@H]1C[C@H](C)CC/C=C\[C@@H]2C[C@@]2(C(=O)NS(=O)(=O)C2(C)CC2)NC(=O)[C@@H]2C[C@@H](Oc3nccc4c5c(ccc34)OCCO5)CN2C(=O)[C@H]1NC(=O)OC(C)(C)C(C)(F)F. The first kappa shape index (κ1) is 43.4. The number of alkyl halides is 2. The van der Waals surface area contributed by atoms with Gasteiger partial charge in [-0.05, 0) is 89.3 Å². The number of allylic oxidation sites excluding steroid dienone is 1. The maximum absolute atomic E-state index is 15.0. The Balaban J connectivity index is 1.24. The van der Waals surface area contributed by atoms with Crippen molar-refractivity contribution >= 4 is 44.6 Å². The molecule has 2 saturated carbocycles. The molecule has 7 atom stereocenters. The summed E-state index contributed by atoms with van der Waals surface area (Å²) >= 11 is 0. The molecule has 15 nitrogen and oxygen atoms in total. The highest BCUT2D eigenvalue weighted by Gasteiger charge is 2.63. The van der Waals surface area contributed by atoms with Crippen LogP contribution in [0.4, 0.5) is 13.6 Å². The third-order valence-corrected chi connectivity index (χ3v) is 15.1. The van der Waals surface area contributed by atoms with E-state index in [2.05, 4.69) is 20.3 Å². The Morgan fingerprint density at radius 2 is 1.82 bits per heavy atom. The van der Waals surface area contributed by atoms with Gasteiger partial charge < -0.3 is 34.5 Å². The first-order chi connectivity index (χ1) is 28.2. The normalized spacial score (nSPS) is 29.8. The second-order valence-corrected chi connectivity index (χ2v) is 20.1. The molecule has 0 unspecified atom stereocenters. The highest BCUT2D eigenvalue weighted by Crippen LogP contribution is 2.48. The number of benzene rings is 1. The van der Waals surface area contributed by atoms with Crippen LogP contribution in [0, 0.1) is 17.8 Å². The van der Waals surface area contributed by atoms with Crippen molar-refractivity contribution in [3.05, 3.63) is 36.5 Å². The topological polar surface area (TPSA) is 192 Å². The molecule has 7 rings (SSSR count). The van der Waals surface area contributed by atoms with Crippen molar-refractivity contribution in [2.24, 2.45) is 17.8 Å². The highest BCUT2D eigenvalue weighted by molar-refractivity contribution is 7.91. The summed E-state index contributed by atoms with van der Waals surface area (Å²) in [5.41, 5.74) is -3.84. The number of fused-ring (bicyclic) bond motifs is 5. The molecule has 4 amide bonds. The second kappa shape index (κ2) is 15.9. The van der Waals surface area contributed by atoms with Crippen LogP contribution in [-0.2, 0) is 29.1 Å². The van der Waals surface area contributed by atoms with Gasteiger partial charge in [0.2, 0.25) is 27.7 Å². The molecule has 2 aromatic rings. The van der Waals surface area contributed by atoms with E-state index in [0.29, 0.717) is 80.9 Å². The lowest BCUT2D eigenvalue weighted by atomic mass is 9.85. The maximum atomic E-state index is 15.0. The predicted octanol–water partition coefficient (Wildman–Crippen LogP) is 5.16. The van der Waals surface area contributed by atoms with Crippen molar-refractivity contribution in [3.8, 4) is 17.4 Å². The van der Waals surface area contributed by atoms with Gasteiger partial charge in [-0.3, -0.25) is 19.1 Å². The third-order valence-electron chi connectivity index (χ3n) is 13.0. The number of halogens is 2. The third kappa shape index (κ3) is 8.44. The summed E-state index contributed by atoms with van der Waals surface area (Å²) < 4.78 is 80.0. The molecular weight excluding hydrogens is 805 g/mol. The predicted molar refractivity (Wildman–Crippen MR) is 215 cm³/mol. The zero-order valence-corrected chi connectivity index (χ0v) is 35.7. The van der Waals surface area contributed by atoms with Gasteiger partial charge >= 0.3 is 6.09 Å². The molecule has 1 aromatic heterocycles. The van der Waals surface area contributed by atoms with Crippen LogP contribution >= 0.6 is 0 Å². The number of aromatic nitrogens is 1. The number of nitrogens with one attached hydrogen (secondary N) is 3. The summed E-state index contributed by atoms with van der Waals surface area (Å²) in [5, 5.41) is 6.72. The minimum Gasteiger partial charge on any atom is -0.486 e. The molecule has 60 heavy (non-hydrogen) atoms. The standard InChI is InChI=1S/C42H55F2N5O10S/c1-7-25-20-24(2)10-8-9-11-26-22-42(26,37(52)48-60(54,55)40(5)15-16-40)47-34(50)30-21-27(23-49(30)36(51)32(25)46-38(53)59-39(3,4)41(6,43)44)58-35-29-12-13-31-33(57-19-18-56-31)28(29)14-17-45-35/h9,11-14,17,24-27,30,32H,7-8,10,15-16,18-23H2,1-6H3,(H,46,53)(H,47,50)(H,48,52)/b11-9-/t24-,25-,26-,27-,30+,32+,42-/m1/s1. The van der Waals surface area contributed by atoms with Gasteiger partial charge in [0.1, 0.15) is 36.9 Å². The summed E-state index contributed by atoms with van der Waals surface area (Å²) in [7, 11) is -4.06. The molecule has 328 valence electrons. The zero-order chi connectivity index (χ0) is 43.4. The van der Waals surface area contributed by atoms with Gasteiger partial charge in [0.05, 0.1) is 11.3 Å². The fourth-order valence-corrected chi connectivity index (χ4v) is 9.60. The van der Waals surface area contributed by atoms with E-state index in [1.807, 2.05) is 26.0 Å². The number of carbonyl (C=O) groups is 4. The van der Waals surface area contributed by atoms with Crippen molar-refractivity contribution in [1.82, 2.24) is 25.2 Å². The number of amides is 4. The molecule has 0 bridgehead atoms. The van der Waals surface area contributed by atoms with Crippen molar-refractivity contribution in [1.29, 1.82) is 0 Å². The summed E-state index contributed by atoms with van der Waals surface area (Å²) in [4.78, 5) is 62.9. The van der Waals surface area contributed by atoms with E-state index in [4.69, 9.17) is 18.9 Å². The Labute approximate surface area is 348 Å². The van der Waals surface area contributed by atoms with E-state index in [0.717, 1.165) is 13.8 Å². The lowest BCUT2D eigenvalue weighted by Crippen LogP contribution is -2.60. The van der Waals surface area contributed by atoms with Gasteiger partial charge in [0, 0.05) is 36.2 Å². The molecule has 3 aliphatic heterocycles. The zero-order valence-electron chi connectivity index (χ0n) is 34.8. The Kier molecular flexibility index (Phi) is 11.5. The van der Waals surface area contributed by atoms with E-state index in [1.165, 1.54) is 4.90 Å². The van der Waals surface area contributed by atoms with Crippen molar-refractivity contribution in [2.45, 2.75) is 133 Å². The van der Waals surface area contributed by atoms with Crippen LogP contribution in [0.2, 0.25) is 0 Å². The molecule has 5 aliphatic rings. The van der Waals surface area contributed by atoms with Gasteiger partial charge in [-0.1, -0.05) is 32.4 Å². The van der Waals surface area contributed by atoms with E-state index in [9.17, 15) is 31.6 Å². The number of pyridine rings is 1. The average molecular weight is 860 g/mol. The fourth-order valence-electron chi connectivity index (χ4n) is 8.28. The second-order valence-electron chi connectivity index (χ2n) is 17.9. The van der Waals surface area contributed by atoms with Crippen molar-refractivity contribution in [3.63, 3.8) is 0 Å². The maximum Gasteiger partial charge on any atom is 0.408 e. The van der Waals surface area contributed by atoms with Crippen LogP contribution in [0.15, 0.2) is 36.5 Å². The Bertz CT molecular complexity index is 2180. The molecule has 3 fully saturated rings. The largest absolute Gasteiger partial charge is 0.486 e. The minimum atomic E-state index is -4.06. The first-order valence-electron chi connectivity index (χ1n) is 20.8. The quantitative estimate of drug-likeness (QED) is 0.283. The number of hydrogen-bond acceptors (Lipinski definition) is 11. The van der Waals surface area contributed by atoms with Crippen molar-refractivity contribution in [2.75, 3.05) is 19.8 Å². The molecule has 0 radical (unpaired) electrons. The summed E-state index contributed by atoms with van der Waals surface area (Å²) in [5.74, 6) is -5.40. The number of carbonyl (C=O) groups excluding carboxylic acids is 4. The fraction of sp³-hybridized carbons (Fsp3) is 0.643. The number of rotatable bonds is 9. The molecular formula is C42H55F2N5O10S. The van der Waals surface area contributed by atoms with Gasteiger partial charge in [0.15, 0.2) is 17.1 Å². The van der Waals surface area contributed by atoms with Crippen LogP contribution < -0.4 is 29.6 Å². The van der Waals surface area contributed by atoms with Gasteiger partial charge in [-0.15, -0.1) is 0 Å². The minimum absolute atomic E-state index is 0.0220. The number of hydrogen-bond donors (Lipinski definition) is 3. The van der Waals surface area contributed by atoms with Gasteiger partial charge in [-0.25, -0.2) is 27.0 Å².